The molecule has 2 unspecified atom stereocenters. The van der Waals surface area contributed by atoms with Crippen LogP contribution in [0.1, 0.15) is 44.5 Å². The molecule has 0 fully saturated rings. The third-order valence-corrected chi connectivity index (χ3v) is 25.3. The molecular formula is C110H70N4. The average molecular weight is 1450 g/mol. The molecule has 2 atom stereocenters. The van der Waals surface area contributed by atoms with E-state index in [4.69, 9.17) is 0 Å². The Morgan fingerprint density at radius 2 is 0.535 bits per heavy atom. The molecular weight excluding hydrogens is 1380 g/mol. The summed E-state index contributed by atoms with van der Waals surface area (Å²) in [6, 6.07) is 159. The smallest absolute Gasteiger partial charge is 0.0755 e. The number of para-hydroxylation sites is 6. The number of rotatable bonds is 11. The fraction of sp³-hybridized carbons (Fsp3) is 0.0182. The monoisotopic (exact) mass is 1450 g/mol. The lowest BCUT2D eigenvalue weighted by Gasteiger charge is -2.40. The van der Waals surface area contributed by atoms with Gasteiger partial charge in [0.05, 0.1) is 50.0 Å². The Labute approximate surface area is 661 Å². The summed E-state index contributed by atoms with van der Waals surface area (Å²) in [5.41, 5.74) is 39.8. The van der Waals surface area contributed by atoms with Crippen LogP contribution in [0.15, 0.2) is 425 Å². The van der Waals surface area contributed by atoms with Gasteiger partial charge < -0.3 is 18.9 Å². The number of anilines is 6. The molecule has 2 spiro atoms. The van der Waals surface area contributed by atoms with E-state index in [2.05, 4.69) is 444 Å². The minimum Gasteiger partial charge on any atom is -0.310 e. The maximum absolute atomic E-state index is 2.56. The van der Waals surface area contributed by atoms with Crippen molar-refractivity contribution in [1.82, 2.24) is 9.13 Å². The second-order valence-corrected chi connectivity index (χ2v) is 30.9. The zero-order valence-corrected chi connectivity index (χ0v) is 62.2. The van der Waals surface area contributed by atoms with Gasteiger partial charge in [0.15, 0.2) is 0 Å². The highest BCUT2D eigenvalue weighted by Crippen LogP contribution is 2.64. The van der Waals surface area contributed by atoms with E-state index in [1.807, 2.05) is 0 Å². The van der Waals surface area contributed by atoms with Crippen LogP contribution in [0.5, 0.6) is 0 Å². The van der Waals surface area contributed by atoms with Crippen LogP contribution in [-0.4, -0.2) is 9.13 Å². The molecule has 530 valence electrons. The van der Waals surface area contributed by atoms with Crippen LogP contribution in [0, 0.1) is 0 Å². The van der Waals surface area contributed by atoms with Crippen molar-refractivity contribution in [3.05, 3.63) is 469 Å². The summed E-state index contributed by atoms with van der Waals surface area (Å²) in [6.45, 7) is 0. The van der Waals surface area contributed by atoms with Crippen molar-refractivity contribution in [3.8, 4) is 89.3 Å². The first-order chi connectivity index (χ1) is 56.6. The first-order valence-corrected chi connectivity index (χ1v) is 39.6. The third-order valence-electron chi connectivity index (χ3n) is 25.3. The number of fused-ring (bicyclic) bond motifs is 24. The first kappa shape index (κ1) is 64.0. The molecule has 24 rings (SSSR count). The zero-order chi connectivity index (χ0) is 74.7. The summed E-state index contributed by atoms with van der Waals surface area (Å²) >= 11 is 0. The highest BCUT2D eigenvalue weighted by atomic mass is 15.2. The minimum atomic E-state index is -0.656. The van der Waals surface area contributed by atoms with E-state index < -0.39 is 10.8 Å². The van der Waals surface area contributed by atoms with Gasteiger partial charge in [0.25, 0.3) is 0 Å². The van der Waals surface area contributed by atoms with Crippen LogP contribution in [-0.2, 0) is 10.8 Å². The fourth-order valence-corrected chi connectivity index (χ4v) is 20.5. The second-order valence-electron chi connectivity index (χ2n) is 30.9. The normalized spacial score (nSPS) is 14.9. The predicted molar refractivity (Wildman–Crippen MR) is 473 cm³/mol. The molecule has 0 bridgehead atoms. The third kappa shape index (κ3) is 9.10. The summed E-state index contributed by atoms with van der Waals surface area (Å²) in [5.74, 6) is 0. The highest BCUT2D eigenvalue weighted by molar-refractivity contribution is 6.15. The summed E-state index contributed by atoms with van der Waals surface area (Å²) in [4.78, 5) is 4.92. The zero-order valence-electron chi connectivity index (χ0n) is 62.2. The molecule has 4 heteroatoms. The lowest BCUT2D eigenvalue weighted by atomic mass is 9.65. The topological polar surface area (TPSA) is 16.3 Å². The van der Waals surface area contributed by atoms with E-state index in [0.29, 0.717) is 0 Å². The van der Waals surface area contributed by atoms with Gasteiger partial charge in [-0.25, -0.2) is 0 Å². The van der Waals surface area contributed by atoms with E-state index in [1.54, 1.807) is 0 Å². The van der Waals surface area contributed by atoms with E-state index in [9.17, 15) is 0 Å². The molecule has 4 heterocycles. The van der Waals surface area contributed by atoms with Crippen molar-refractivity contribution >= 4 is 77.7 Å². The predicted octanol–water partition coefficient (Wildman–Crippen LogP) is 28.5. The Hall–Kier alpha value is -14.8. The Kier molecular flexibility index (Phi) is 13.9. The molecule has 20 aromatic rings. The van der Waals surface area contributed by atoms with Crippen molar-refractivity contribution in [2.75, 3.05) is 9.80 Å². The molecule has 114 heavy (non-hydrogen) atoms. The van der Waals surface area contributed by atoms with Crippen LogP contribution >= 0.6 is 0 Å². The highest BCUT2D eigenvalue weighted by Gasteiger charge is 2.53. The van der Waals surface area contributed by atoms with Crippen LogP contribution < -0.4 is 9.80 Å². The first-order valence-electron chi connectivity index (χ1n) is 39.6. The number of hydrogen-bond acceptors (Lipinski definition) is 2. The fourth-order valence-electron chi connectivity index (χ4n) is 20.5. The Balaban J connectivity index is 0.600. The standard InChI is InChI=1S/C110H70N4/c1-4-24-71(25-5-1)74-50-57-80(58-51-74)111(83-64-66-96-92(69-83)87-32-11-15-37-95(87)109(96)97-38-16-20-44-105(97)113-103-43-19-13-33-89(103)90-34-22-40-99(109)107(90)113)81-59-52-76(53-60-81)73-46-48-77(49-47-73)79-56-67-104-93(68-79)91-35-23-41-100-108(91)114(104)106-45-21-17-39-98(106)110(100)94-36-14-10-31-86(94)88-65-63-84(70-101(88)110)112(82-61-54-75(55-62-82)72-26-6-2-7-27-72)102-42-18-12-30-85(102)78-28-8-3-9-29-78/h1-70H. The van der Waals surface area contributed by atoms with Crippen molar-refractivity contribution in [2.24, 2.45) is 0 Å². The molecule has 4 aliphatic rings. The van der Waals surface area contributed by atoms with Crippen LogP contribution in [0.4, 0.5) is 34.1 Å². The summed E-state index contributed by atoms with van der Waals surface area (Å²) < 4.78 is 5.09. The van der Waals surface area contributed by atoms with Gasteiger partial charge >= 0.3 is 0 Å². The molecule has 0 amide bonds. The van der Waals surface area contributed by atoms with Crippen LogP contribution in [0.2, 0.25) is 0 Å². The summed E-state index contributed by atoms with van der Waals surface area (Å²) in [6.07, 6.45) is 0. The van der Waals surface area contributed by atoms with E-state index in [0.717, 1.165) is 50.8 Å². The molecule has 2 aromatic heterocycles. The van der Waals surface area contributed by atoms with E-state index in [1.165, 1.54) is 161 Å². The molecule has 0 saturated heterocycles. The van der Waals surface area contributed by atoms with Crippen molar-refractivity contribution in [2.45, 2.75) is 10.8 Å². The summed E-state index contributed by atoms with van der Waals surface area (Å²) in [7, 11) is 0. The van der Waals surface area contributed by atoms with Crippen LogP contribution in [0.3, 0.4) is 0 Å². The van der Waals surface area contributed by atoms with Crippen molar-refractivity contribution in [3.63, 3.8) is 0 Å². The maximum Gasteiger partial charge on any atom is 0.0755 e. The SMILES string of the molecule is c1ccc(-c2ccc(N(c3ccc(-c4ccc(-c5ccc6c(c5)c5cccc7c5n6-c5ccccc5C75c6ccccc6-c6ccc(N(c7ccc(-c8ccccc8)cc7)c7ccccc7-c7ccccc7)cc65)cc4)cc3)c3ccc4c(c3)-c3ccccc3C43c4ccccc4-n4c5ccccc5c5cccc3c54)cc2)cc1. The van der Waals surface area contributed by atoms with E-state index in [-0.39, 0.29) is 0 Å². The van der Waals surface area contributed by atoms with Crippen LogP contribution in [0.25, 0.3) is 133 Å². The molecule has 0 saturated carbocycles. The van der Waals surface area contributed by atoms with Crippen molar-refractivity contribution < 1.29 is 0 Å². The van der Waals surface area contributed by atoms with Gasteiger partial charge in [-0.05, 0) is 214 Å². The number of aromatic nitrogens is 2. The lowest BCUT2D eigenvalue weighted by molar-refractivity contribution is 0.748. The molecule has 2 aliphatic heterocycles. The molecule has 18 aromatic carbocycles. The maximum atomic E-state index is 2.56. The Morgan fingerprint density at radius 1 is 0.175 bits per heavy atom. The van der Waals surface area contributed by atoms with Crippen molar-refractivity contribution in [1.29, 1.82) is 0 Å². The quantitative estimate of drug-likeness (QED) is 0.128. The van der Waals surface area contributed by atoms with Gasteiger partial charge in [0.1, 0.15) is 0 Å². The average Bonchev–Trinajstić information content (AvgIpc) is 1.50. The van der Waals surface area contributed by atoms with Gasteiger partial charge in [0.2, 0.25) is 0 Å². The Morgan fingerprint density at radius 3 is 1.11 bits per heavy atom. The summed E-state index contributed by atoms with van der Waals surface area (Å²) in [5, 5.41) is 5.02. The minimum absolute atomic E-state index is 0.546. The lowest BCUT2D eigenvalue weighted by Crippen LogP contribution is -2.33. The number of hydrogen-bond donors (Lipinski definition) is 0. The second kappa shape index (κ2) is 24.8. The van der Waals surface area contributed by atoms with E-state index >= 15 is 0 Å². The van der Waals surface area contributed by atoms with Gasteiger partial charge in [-0.2, -0.15) is 0 Å². The van der Waals surface area contributed by atoms with Gasteiger partial charge in [-0.15, -0.1) is 0 Å². The largest absolute Gasteiger partial charge is 0.310 e. The number of benzene rings is 18. The molecule has 0 N–H and O–H groups in total. The molecule has 4 nitrogen and oxygen atoms in total. The molecule has 0 radical (unpaired) electrons. The Bertz CT molecular complexity index is 7320. The number of nitrogens with zero attached hydrogens (tertiary/aromatic N) is 4. The molecule has 2 aliphatic carbocycles. The van der Waals surface area contributed by atoms with Gasteiger partial charge in [-0.3, -0.25) is 0 Å². The van der Waals surface area contributed by atoms with Gasteiger partial charge in [-0.1, -0.05) is 328 Å². The van der Waals surface area contributed by atoms with Gasteiger partial charge in [0, 0.05) is 55.5 Å².